The summed E-state index contributed by atoms with van der Waals surface area (Å²) in [5.74, 6) is 0. The number of aliphatic hydroxyl groups excluding tert-OH is 1. The number of unbranched alkanes of at least 4 members (excludes halogenated alkanes) is 8. The number of rotatable bonds is 13. The molecule has 3 heteroatoms. The van der Waals surface area contributed by atoms with E-state index >= 15 is 0 Å². The lowest BCUT2D eigenvalue weighted by molar-refractivity contribution is 0.194. The third kappa shape index (κ3) is 7.59. The van der Waals surface area contributed by atoms with Gasteiger partial charge < -0.3 is 15.3 Å². The van der Waals surface area contributed by atoms with Crippen molar-refractivity contribution in [3.63, 3.8) is 0 Å². The summed E-state index contributed by atoms with van der Waals surface area (Å²) in [6, 6.07) is 0. The van der Waals surface area contributed by atoms with Crippen LogP contribution in [-0.2, 0) is 0 Å². The third-order valence-electron chi connectivity index (χ3n) is 3.95. The first kappa shape index (κ1) is 17.1. The third-order valence-corrected chi connectivity index (χ3v) is 3.95. The van der Waals surface area contributed by atoms with E-state index < -0.39 is 0 Å². The van der Waals surface area contributed by atoms with E-state index in [9.17, 15) is 0 Å². The SMILES string of the molecule is C=CCCCCCCCCCCC1NC=CN1CCO. The Kier molecular flexibility index (Phi) is 10.1. The lowest BCUT2D eigenvalue weighted by Gasteiger charge is -2.24. The Labute approximate surface area is 124 Å². The first-order valence-corrected chi connectivity index (χ1v) is 8.28. The molecule has 0 aromatic rings. The fraction of sp³-hybridized carbons (Fsp3) is 0.765. The molecule has 2 N–H and O–H groups in total. The maximum atomic E-state index is 8.98. The maximum Gasteiger partial charge on any atom is 0.0982 e. The van der Waals surface area contributed by atoms with E-state index in [4.69, 9.17) is 5.11 Å². The molecule has 3 nitrogen and oxygen atoms in total. The normalized spacial score (nSPS) is 17.4. The molecule has 0 amide bonds. The Balaban J connectivity index is 1.86. The van der Waals surface area contributed by atoms with Gasteiger partial charge in [-0.15, -0.1) is 6.58 Å². The van der Waals surface area contributed by atoms with Crippen molar-refractivity contribution in [2.45, 2.75) is 70.4 Å². The van der Waals surface area contributed by atoms with Crippen LogP contribution in [0.4, 0.5) is 0 Å². The fourth-order valence-electron chi connectivity index (χ4n) is 2.73. The van der Waals surface area contributed by atoms with Crippen molar-refractivity contribution < 1.29 is 5.11 Å². The summed E-state index contributed by atoms with van der Waals surface area (Å²) in [6.45, 7) is 4.72. The number of nitrogens with zero attached hydrogens (tertiary/aromatic N) is 1. The summed E-state index contributed by atoms with van der Waals surface area (Å²) in [4.78, 5) is 2.19. The average molecular weight is 280 g/mol. The molecule has 0 aromatic carbocycles. The minimum atomic E-state index is 0.231. The molecule has 116 valence electrons. The van der Waals surface area contributed by atoms with E-state index in [1.165, 1.54) is 64.2 Å². The highest BCUT2D eigenvalue weighted by Gasteiger charge is 2.16. The standard InChI is InChI=1S/C17H32N2O/c1-2-3-4-5-6-7-8-9-10-11-12-17-18-13-14-19(17)15-16-20/h2,13-14,17-18,20H,1,3-12,15-16H2. The van der Waals surface area contributed by atoms with E-state index in [-0.39, 0.29) is 6.61 Å². The van der Waals surface area contributed by atoms with Crippen LogP contribution in [0, 0.1) is 0 Å². The molecule has 0 saturated heterocycles. The van der Waals surface area contributed by atoms with Crippen molar-refractivity contribution >= 4 is 0 Å². The summed E-state index contributed by atoms with van der Waals surface area (Å²) >= 11 is 0. The molecule has 0 aliphatic carbocycles. The minimum Gasteiger partial charge on any atom is -0.395 e. The molecule has 1 aliphatic heterocycles. The number of allylic oxidation sites excluding steroid dienone is 1. The van der Waals surface area contributed by atoms with Gasteiger partial charge in [-0.1, -0.05) is 44.6 Å². The molecular weight excluding hydrogens is 248 g/mol. The van der Waals surface area contributed by atoms with Gasteiger partial charge in [0.05, 0.1) is 12.8 Å². The monoisotopic (exact) mass is 280 g/mol. The van der Waals surface area contributed by atoms with Crippen molar-refractivity contribution in [3.05, 3.63) is 25.1 Å². The lowest BCUT2D eigenvalue weighted by Crippen LogP contribution is -2.36. The first-order valence-electron chi connectivity index (χ1n) is 8.28. The summed E-state index contributed by atoms with van der Waals surface area (Å²) in [6.07, 6.45) is 19.6. The lowest BCUT2D eigenvalue weighted by atomic mass is 10.1. The van der Waals surface area contributed by atoms with E-state index in [0.29, 0.717) is 6.17 Å². The average Bonchev–Trinajstić information content (AvgIpc) is 2.89. The Morgan fingerprint density at radius 3 is 2.35 bits per heavy atom. The molecule has 1 atom stereocenters. The molecule has 20 heavy (non-hydrogen) atoms. The van der Waals surface area contributed by atoms with Gasteiger partial charge in [-0.3, -0.25) is 0 Å². The molecule has 0 spiro atoms. The summed E-state index contributed by atoms with van der Waals surface area (Å²) in [7, 11) is 0. The van der Waals surface area contributed by atoms with Crippen LogP contribution in [0.1, 0.15) is 64.2 Å². The number of β-amino-alcohol motifs (C(OH)–C–C–N with tert-alkyl or cyclic N) is 1. The zero-order valence-electron chi connectivity index (χ0n) is 12.9. The van der Waals surface area contributed by atoms with Crippen LogP contribution >= 0.6 is 0 Å². The van der Waals surface area contributed by atoms with Crippen molar-refractivity contribution in [2.24, 2.45) is 0 Å². The highest BCUT2D eigenvalue weighted by Crippen LogP contribution is 2.14. The van der Waals surface area contributed by atoms with Crippen molar-refractivity contribution in [1.29, 1.82) is 0 Å². The van der Waals surface area contributed by atoms with Gasteiger partial charge in [0, 0.05) is 18.9 Å². The molecule has 1 unspecified atom stereocenters. The number of hydrogen-bond donors (Lipinski definition) is 2. The molecule has 1 aliphatic rings. The molecule has 1 heterocycles. The largest absolute Gasteiger partial charge is 0.395 e. The fourth-order valence-corrected chi connectivity index (χ4v) is 2.73. The topological polar surface area (TPSA) is 35.5 Å². The van der Waals surface area contributed by atoms with Gasteiger partial charge >= 0.3 is 0 Å². The van der Waals surface area contributed by atoms with Gasteiger partial charge in [0.15, 0.2) is 0 Å². The van der Waals surface area contributed by atoms with Crippen LogP contribution in [0.3, 0.4) is 0 Å². The van der Waals surface area contributed by atoms with Crippen molar-refractivity contribution in [1.82, 2.24) is 10.2 Å². The van der Waals surface area contributed by atoms with Gasteiger partial charge in [-0.25, -0.2) is 0 Å². The van der Waals surface area contributed by atoms with Gasteiger partial charge in [0.25, 0.3) is 0 Å². The second-order valence-electron chi connectivity index (χ2n) is 5.65. The molecular formula is C17H32N2O. The zero-order valence-corrected chi connectivity index (χ0v) is 12.9. The minimum absolute atomic E-state index is 0.231. The highest BCUT2D eigenvalue weighted by molar-refractivity contribution is 4.93. The van der Waals surface area contributed by atoms with Gasteiger partial charge in [0.1, 0.15) is 0 Å². The summed E-state index contributed by atoms with van der Waals surface area (Å²) in [5.41, 5.74) is 0. The quantitative estimate of drug-likeness (QED) is 0.398. The van der Waals surface area contributed by atoms with Crippen LogP contribution < -0.4 is 5.32 Å². The number of aliphatic hydroxyl groups is 1. The maximum absolute atomic E-state index is 8.98. The van der Waals surface area contributed by atoms with E-state index in [2.05, 4.69) is 16.8 Å². The zero-order chi connectivity index (χ0) is 14.5. The van der Waals surface area contributed by atoms with E-state index in [0.717, 1.165) is 6.54 Å². The number of hydrogen-bond acceptors (Lipinski definition) is 3. The number of nitrogens with one attached hydrogen (secondary N) is 1. The Bertz CT molecular complexity index is 266. The summed E-state index contributed by atoms with van der Waals surface area (Å²) < 4.78 is 0. The first-order chi connectivity index (χ1) is 9.88. The molecule has 0 radical (unpaired) electrons. The van der Waals surface area contributed by atoms with Crippen LogP contribution in [-0.4, -0.2) is 29.3 Å². The molecule has 0 aromatic heterocycles. The van der Waals surface area contributed by atoms with Gasteiger partial charge in [-0.05, 0) is 25.7 Å². The Morgan fingerprint density at radius 1 is 1.05 bits per heavy atom. The predicted molar refractivity (Wildman–Crippen MR) is 86.2 cm³/mol. The van der Waals surface area contributed by atoms with Crippen molar-refractivity contribution in [2.75, 3.05) is 13.2 Å². The second-order valence-corrected chi connectivity index (χ2v) is 5.65. The Hall–Kier alpha value is -0.960. The molecule has 0 saturated carbocycles. The van der Waals surface area contributed by atoms with E-state index in [1.54, 1.807) is 0 Å². The van der Waals surface area contributed by atoms with Gasteiger partial charge in [-0.2, -0.15) is 0 Å². The Morgan fingerprint density at radius 2 is 1.70 bits per heavy atom. The summed E-state index contributed by atoms with van der Waals surface area (Å²) in [5, 5.41) is 12.3. The smallest absolute Gasteiger partial charge is 0.0982 e. The molecule has 0 fully saturated rings. The van der Waals surface area contributed by atoms with Crippen LogP contribution in [0.15, 0.2) is 25.1 Å². The second kappa shape index (κ2) is 11.8. The van der Waals surface area contributed by atoms with E-state index in [1.807, 2.05) is 18.5 Å². The highest BCUT2D eigenvalue weighted by atomic mass is 16.3. The molecule has 0 bridgehead atoms. The molecule has 1 rings (SSSR count). The van der Waals surface area contributed by atoms with Crippen molar-refractivity contribution in [3.8, 4) is 0 Å². The van der Waals surface area contributed by atoms with Gasteiger partial charge in [0.2, 0.25) is 0 Å². The van der Waals surface area contributed by atoms with Crippen LogP contribution in [0.25, 0.3) is 0 Å². The van der Waals surface area contributed by atoms with Crippen LogP contribution in [0.5, 0.6) is 0 Å². The predicted octanol–water partition coefficient (Wildman–Crippen LogP) is 3.77. The van der Waals surface area contributed by atoms with Crippen LogP contribution in [0.2, 0.25) is 0 Å².